The van der Waals surface area contributed by atoms with Crippen molar-refractivity contribution in [1.29, 1.82) is 0 Å². The molecule has 0 fully saturated rings. The summed E-state index contributed by atoms with van der Waals surface area (Å²) in [7, 11) is 0. The summed E-state index contributed by atoms with van der Waals surface area (Å²) in [6.45, 7) is 4.42. The van der Waals surface area contributed by atoms with E-state index in [0.29, 0.717) is 0 Å². The Labute approximate surface area is 124 Å². The van der Waals surface area contributed by atoms with Crippen molar-refractivity contribution in [1.82, 2.24) is 0 Å². The van der Waals surface area contributed by atoms with Gasteiger partial charge < -0.3 is 0 Å². The van der Waals surface area contributed by atoms with Crippen LogP contribution >= 0.6 is 22.6 Å². The Balaban J connectivity index is 2.52. The quantitative estimate of drug-likeness (QED) is 0.516. The fourth-order valence-corrected chi connectivity index (χ4v) is 2.81. The van der Waals surface area contributed by atoms with E-state index in [9.17, 15) is 0 Å². The molecule has 0 saturated carbocycles. The van der Waals surface area contributed by atoms with Crippen molar-refractivity contribution < 1.29 is 0 Å². The van der Waals surface area contributed by atoms with E-state index in [4.69, 9.17) is 0 Å². The molecule has 0 nitrogen and oxygen atoms in total. The number of alkyl halides is 1. The lowest BCUT2D eigenvalue weighted by atomic mass is 9.90. The van der Waals surface area contributed by atoms with Crippen LogP contribution in [0.15, 0.2) is 42.5 Å². The summed E-state index contributed by atoms with van der Waals surface area (Å²) in [5, 5.41) is 0. The molecule has 0 aliphatic carbocycles. The zero-order valence-corrected chi connectivity index (χ0v) is 13.2. The minimum absolute atomic E-state index is 1.17. The van der Waals surface area contributed by atoms with Gasteiger partial charge in [0.15, 0.2) is 0 Å². The highest BCUT2D eigenvalue weighted by Gasteiger charge is 2.09. The van der Waals surface area contributed by atoms with Crippen LogP contribution in [0.5, 0.6) is 0 Å². The maximum absolute atomic E-state index is 2.46. The standard InChI is InChI=1S/C17H19I/c1-13-7-3-4-11-16(13)17-14(2)8-5-9-15(17)10-6-12-18/h3-5,7-9,11H,6,10,12H2,1-2H3. The van der Waals surface area contributed by atoms with E-state index in [1.807, 2.05) is 0 Å². The van der Waals surface area contributed by atoms with Gasteiger partial charge in [-0.25, -0.2) is 0 Å². The molecule has 0 radical (unpaired) electrons. The molecule has 0 heterocycles. The lowest BCUT2D eigenvalue weighted by Gasteiger charge is -2.14. The SMILES string of the molecule is Cc1ccccc1-c1c(C)cccc1CCCI. The molecule has 2 aromatic carbocycles. The van der Waals surface area contributed by atoms with Crippen molar-refractivity contribution in [2.45, 2.75) is 26.7 Å². The van der Waals surface area contributed by atoms with Gasteiger partial charge in [-0.3, -0.25) is 0 Å². The summed E-state index contributed by atoms with van der Waals surface area (Å²) in [6, 6.07) is 15.4. The van der Waals surface area contributed by atoms with Crippen LogP contribution in [0.2, 0.25) is 0 Å². The Bertz CT molecular complexity index is 529. The van der Waals surface area contributed by atoms with E-state index < -0.39 is 0 Å². The Morgan fingerprint density at radius 2 is 1.61 bits per heavy atom. The summed E-state index contributed by atoms with van der Waals surface area (Å²) >= 11 is 2.46. The predicted molar refractivity (Wildman–Crippen MR) is 88.6 cm³/mol. The maximum atomic E-state index is 2.46. The fourth-order valence-electron chi connectivity index (χ4n) is 2.43. The van der Waals surface area contributed by atoms with E-state index in [2.05, 4.69) is 78.9 Å². The topological polar surface area (TPSA) is 0 Å². The molecular weight excluding hydrogens is 331 g/mol. The van der Waals surface area contributed by atoms with Crippen LogP contribution in [-0.4, -0.2) is 4.43 Å². The normalized spacial score (nSPS) is 10.6. The third-order valence-corrected chi connectivity index (χ3v) is 4.12. The van der Waals surface area contributed by atoms with Gasteiger partial charge in [0.2, 0.25) is 0 Å². The van der Waals surface area contributed by atoms with E-state index in [-0.39, 0.29) is 0 Å². The average molecular weight is 350 g/mol. The molecule has 0 saturated heterocycles. The number of aryl methyl sites for hydroxylation is 3. The first-order valence-corrected chi connectivity index (χ1v) is 7.97. The van der Waals surface area contributed by atoms with E-state index in [1.165, 1.54) is 45.1 Å². The molecular formula is C17H19I. The highest BCUT2D eigenvalue weighted by molar-refractivity contribution is 14.1. The van der Waals surface area contributed by atoms with Gasteiger partial charge in [0.1, 0.15) is 0 Å². The minimum Gasteiger partial charge on any atom is -0.0864 e. The fraction of sp³-hybridized carbons (Fsp3) is 0.294. The first-order valence-electron chi connectivity index (χ1n) is 6.44. The summed E-state index contributed by atoms with van der Waals surface area (Å²) in [4.78, 5) is 0. The third kappa shape index (κ3) is 2.94. The van der Waals surface area contributed by atoms with Crippen LogP contribution in [0, 0.1) is 13.8 Å². The molecule has 0 amide bonds. The lowest BCUT2D eigenvalue weighted by Crippen LogP contribution is -1.95. The first-order chi connectivity index (χ1) is 8.74. The van der Waals surface area contributed by atoms with Crippen molar-refractivity contribution in [3.05, 3.63) is 59.2 Å². The van der Waals surface area contributed by atoms with Crippen molar-refractivity contribution in [3.63, 3.8) is 0 Å². The molecule has 2 aromatic rings. The van der Waals surface area contributed by atoms with Gasteiger partial charge in [0.25, 0.3) is 0 Å². The van der Waals surface area contributed by atoms with E-state index >= 15 is 0 Å². The van der Waals surface area contributed by atoms with Gasteiger partial charge in [-0.2, -0.15) is 0 Å². The van der Waals surface area contributed by atoms with Gasteiger partial charge in [-0.1, -0.05) is 65.1 Å². The first kappa shape index (κ1) is 13.6. The summed E-state index contributed by atoms with van der Waals surface area (Å²) < 4.78 is 1.22. The molecule has 0 unspecified atom stereocenters. The van der Waals surface area contributed by atoms with Gasteiger partial charge in [-0.05, 0) is 58.9 Å². The van der Waals surface area contributed by atoms with Crippen LogP contribution < -0.4 is 0 Å². The van der Waals surface area contributed by atoms with Crippen LogP contribution in [0.1, 0.15) is 23.1 Å². The molecule has 1 heteroatoms. The Morgan fingerprint density at radius 1 is 0.889 bits per heavy atom. The van der Waals surface area contributed by atoms with Crippen molar-refractivity contribution in [2.75, 3.05) is 4.43 Å². The number of halogens is 1. The molecule has 0 aliphatic heterocycles. The van der Waals surface area contributed by atoms with Crippen LogP contribution in [0.4, 0.5) is 0 Å². The van der Waals surface area contributed by atoms with Gasteiger partial charge >= 0.3 is 0 Å². The number of hydrogen-bond donors (Lipinski definition) is 0. The number of hydrogen-bond acceptors (Lipinski definition) is 0. The van der Waals surface area contributed by atoms with Crippen molar-refractivity contribution in [2.24, 2.45) is 0 Å². The Morgan fingerprint density at radius 3 is 2.33 bits per heavy atom. The van der Waals surface area contributed by atoms with Gasteiger partial charge in [0, 0.05) is 0 Å². The van der Waals surface area contributed by atoms with E-state index in [1.54, 1.807) is 0 Å². The molecule has 2 rings (SSSR count). The highest BCUT2D eigenvalue weighted by Crippen LogP contribution is 2.30. The summed E-state index contributed by atoms with van der Waals surface area (Å²) in [6.07, 6.45) is 2.43. The van der Waals surface area contributed by atoms with Crippen molar-refractivity contribution >= 4 is 22.6 Å². The molecule has 0 bridgehead atoms. The Kier molecular flexibility index (Phi) is 4.81. The van der Waals surface area contributed by atoms with Crippen LogP contribution in [0.25, 0.3) is 11.1 Å². The largest absolute Gasteiger partial charge is 0.0864 e. The van der Waals surface area contributed by atoms with Crippen LogP contribution in [-0.2, 0) is 6.42 Å². The Hall–Kier alpha value is -0.830. The number of benzene rings is 2. The molecule has 0 N–H and O–H groups in total. The molecule has 0 atom stereocenters. The monoisotopic (exact) mass is 350 g/mol. The highest BCUT2D eigenvalue weighted by atomic mass is 127. The molecule has 94 valence electrons. The zero-order chi connectivity index (χ0) is 13.0. The van der Waals surface area contributed by atoms with Crippen molar-refractivity contribution in [3.8, 4) is 11.1 Å². The summed E-state index contributed by atoms with van der Waals surface area (Å²) in [5.74, 6) is 0. The zero-order valence-electron chi connectivity index (χ0n) is 11.0. The third-order valence-electron chi connectivity index (χ3n) is 3.35. The molecule has 0 spiro atoms. The minimum atomic E-state index is 1.17. The predicted octanol–water partition coefficient (Wildman–Crippen LogP) is 5.34. The van der Waals surface area contributed by atoms with E-state index in [0.717, 1.165) is 0 Å². The number of rotatable bonds is 4. The average Bonchev–Trinajstić information content (AvgIpc) is 2.38. The lowest BCUT2D eigenvalue weighted by molar-refractivity contribution is 0.945. The maximum Gasteiger partial charge on any atom is -0.000156 e. The van der Waals surface area contributed by atoms with Crippen LogP contribution in [0.3, 0.4) is 0 Å². The molecule has 18 heavy (non-hydrogen) atoms. The second-order valence-corrected chi connectivity index (χ2v) is 5.80. The van der Waals surface area contributed by atoms with Gasteiger partial charge in [-0.15, -0.1) is 0 Å². The smallest absolute Gasteiger partial charge is 0.000156 e. The van der Waals surface area contributed by atoms with Gasteiger partial charge in [0.05, 0.1) is 0 Å². The second-order valence-electron chi connectivity index (χ2n) is 4.72. The summed E-state index contributed by atoms with van der Waals surface area (Å²) in [5.41, 5.74) is 7.07. The molecule has 0 aromatic heterocycles. The molecule has 0 aliphatic rings. The second kappa shape index (κ2) is 6.37.